The van der Waals surface area contributed by atoms with Crippen molar-refractivity contribution in [3.05, 3.63) is 48.0 Å². The lowest BCUT2D eigenvalue weighted by molar-refractivity contribution is 0.173. The fourth-order valence-electron chi connectivity index (χ4n) is 3.62. The predicted octanol–water partition coefficient (Wildman–Crippen LogP) is 3.10. The van der Waals surface area contributed by atoms with Gasteiger partial charge in [-0.2, -0.15) is 4.31 Å². The number of rotatable bonds is 8. The molecule has 0 aromatic heterocycles. The molecule has 0 unspecified atom stereocenters. The number of sulfonamides is 1. The van der Waals surface area contributed by atoms with Gasteiger partial charge in [-0.3, -0.25) is 4.90 Å². The van der Waals surface area contributed by atoms with E-state index in [9.17, 15) is 8.42 Å². The summed E-state index contributed by atoms with van der Waals surface area (Å²) in [6.45, 7) is 6.10. The molecule has 1 saturated heterocycles. The molecule has 0 N–H and O–H groups in total. The first-order valence-corrected chi connectivity index (χ1v) is 11.8. The standard InChI is InChI=1S/C22H28N2O5S/c1-2-3-14-27-19-5-7-20(8-6-19)30(25,26)24-12-10-23(11-13-24)16-18-4-9-21-22(15-18)29-17-28-21/h4-9,15H,2-3,10-14,16-17H2,1H3. The minimum atomic E-state index is -3.49. The van der Waals surface area contributed by atoms with Crippen molar-refractivity contribution in [2.45, 2.75) is 31.2 Å². The van der Waals surface area contributed by atoms with Crippen molar-refractivity contribution in [2.75, 3.05) is 39.6 Å². The van der Waals surface area contributed by atoms with Crippen LogP contribution in [0.1, 0.15) is 25.3 Å². The third kappa shape index (κ3) is 4.71. The summed E-state index contributed by atoms with van der Waals surface area (Å²) in [5.74, 6) is 2.25. The molecule has 0 radical (unpaired) electrons. The second kappa shape index (κ2) is 9.24. The maximum atomic E-state index is 13.0. The van der Waals surface area contributed by atoms with Crippen molar-refractivity contribution < 1.29 is 22.6 Å². The Bertz CT molecular complexity index is 954. The number of fused-ring (bicyclic) bond motifs is 1. The molecule has 0 amide bonds. The van der Waals surface area contributed by atoms with Gasteiger partial charge in [0.2, 0.25) is 16.8 Å². The first-order chi connectivity index (χ1) is 14.6. The second-order valence-corrected chi connectivity index (χ2v) is 9.48. The number of piperazine rings is 1. The molecule has 2 aromatic rings. The Balaban J connectivity index is 1.32. The summed E-state index contributed by atoms with van der Waals surface area (Å²) in [6, 6.07) is 12.7. The van der Waals surface area contributed by atoms with Crippen LogP contribution in [0.2, 0.25) is 0 Å². The van der Waals surface area contributed by atoms with Crippen LogP contribution >= 0.6 is 0 Å². The van der Waals surface area contributed by atoms with Gasteiger partial charge in [0.05, 0.1) is 11.5 Å². The van der Waals surface area contributed by atoms with Crippen LogP contribution in [0.4, 0.5) is 0 Å². The smallest absolute Gasteiger partial charge is 0.243 e. The van der Waals surface area contributed by atoms with E-state index >= 15 is 0 Å². The van der Waals surface area contributed by atoms with Gasteiger partial charge in [-0.25, -0.2) is 8.42 Å². The van der Waals surface area contributed by atoms with Crippen LogP contribution in [-0.4, -0.2) is 57.2 Å². The van der Waals surface area contributed by atoms with E-state index in [-0.39, 0.29) is 6.79 Å². The molecule has 0 aliphatic carbocycles. The maximum absolute atomic E-state index is 13.0. The maximum Gasteiger partial charge on any atom is 0.243 e. The zero-order valence-electron chi connectivity index (χ0n) is 17.2. The van der Waals surface area contributed by atoms with Crippen LogP contribution in [0.15, 0.2) is 47.4 Å². The fourth-order valence-corrected chi connectivity index (χ4v) is 5.04. The van der Waals surface area contributed by atoms with Crippen molar-refractivity contribution in [3.8, 4) is 17.2 Å². The van der Waals surface area contributed by atoms with E-state index in [0.29, 0.717) is 43.4 Å². The fraction of sp³-hybridized carbons (Fsp3) is 0.455. The summed E-state index contributed by atoms with van der Waals surface area (Å²) in [7, 11) is -3.49. The molecule has 8 heteroatoms. The van der Waals surface area contributed by atoms with Crippen LogP contribution in [0, 0.1) is 0 Å². The third-order valence-corrected chi connectivity index (χ3v) is 7.32. The molecular weight excluding hydrogens is 404 g/mol. The summed E-state index contributed by atoms with van der Waals surface area (Å²) >= 11 is 0. The lowest BCUT2D eigenvalue weighted by Crippen LogP contribution is -2.48. The van der Waals surface area contributed by atoms with Crippen LogP contribution < -0.4 is 14.2 Å². The Morgan fingerprint density at radius 3 is 2.43 bits per heavy atom. The van der Waals surface area contributed by atoms with Crippen molar-refractivity contribution >= 4 is 10.0 Å². The van der Waals surface area contributed by atoms with E-state index in [1.807, 2.05) is 18.2 Å². The Morgan fingerprint density at radius 2 is 1.70 bits per heavy atom. The van der Waals surface area contributed by atoms with E-state index in [4.69, 9.17) is 14.2 Å². The largest absolute Gasteiger partial charge is 0.494 e. The third-order valence-electron chi connectivity index (χ3n) is 5.40. The Kier molecular flexibility index (Phi) is 6.46. The minimum Gasteiger partial charge on any atom is -0.494 e. The molecule has 162 valence electrons. The molecule has 0 saturated carbocycles. The number of hydrogen-bond donors (Lipinski definition) is 0. The molecule has 2 heterocycles. The van der Waals surface area contributed by atoms with Gasteiger partial charge in [-0.05, 0) is 48.4 Å². The number of unbranched alkanes of at least 4 members (excludes halogenated alkanes) is 1. The van der Waals surface area contributed by atoms with Gasteiger partial charge in [-0.1, -0.05) is 19.4 Å². The topological polar surface area (TPSA) is 68.3 Å². The minimum absolute atomic E-state index is 0.265. The zero-order chi connectivity index (χ0) is 21.0. The molecule has 4 rings (SSSR count). The molecule has 1 fully saturated rings. The predicted molar refractivity (Wildman–Crippen MR) is 113 cm³/mol. The molecule has 2 aliphatic heterocycles. The monoisotopic (exact) mass is 432 g/mol. The van der Waals surface area contributed by atoms with E-state index in [1.54, 1.807) is 28.6 Å². The van der Waals surface area contributed by atoms with Crippen LogP contribution in [0.25, 0.3) is 0 Å². The normalized spacial score (nSPS) is 17.2. The number of hydrogen-bond acceptors (Lipinski definition) is 6. The van der Waals surface area contributed by atoms with Crippen molar-refractivity contribution in [3.63, 3.8) is 0 Å². The van der Waals surface area contributed by atoms with Gasteiger partial charge in [0.15, 0.2) is 11.5 Å². The summed E-state index contributed by atoms with van der Waals surface area (Å²) in [4.78, 5) is 2.57. The first-order valence-electron chi connectivity index (χ1n) is 10.4. The molecule has 7 nitrogen and oxygen atoms in total. The van der Waals surface area contributed by atoms with E-state index < -0.39 is 10.0 Å². The van der Waals surface area contributed by atoms with Gasteiger partial charge in [0.25, 0.3) is 0 Å². The number of benzene rings is 2. The van der Waals surface area contributed by atoms with Crippen molar-refractivity contribution in [1.82, 2.24) is 9.21 Å². The summed E-state index contributed by atoms with van der Waals surface area (Å²) in [6.07, 6.45) is 2.05. The second-order valence-electron chi connectivity index (χ2n) is 7.54. The molecule has 30 heavy (non-hydrogen) atoms. The van der Waals surface area contributed by atoms with Gasteiger partial charge in [-0.15, -0.1) is 0 Å². The van der Waals surface area contributed by atoms with Crippen LogP contribution in [0.5, 0.6) is 17.2 Å². The lowest BCUT2D eigenvalue weighted by Gasteiger charge is -2.34. The highest BCUT2D eigenvalue weighted by Crippen LogP contribution is 2.33. The van der Waals surface area contributed by atoms with Crippen molar-refractivity contribution in [1.29, 1.82) is 0 Å². The zero-order valence-corrected chi connectivity index (χ0v) is 18.1. The highest BCUT2D eigenvalue weighted by atomic mass is 32.2. The van der Waals surface area contributed by atoms with E-state index in [1.165, 1.54) is 0 Å². The molecule has 0 atom stereocenters. The summed E-state index contributed by atoms with van der Waals surface area (Å²) in [5.41, 5.74) is 1.13. The quantitative estimate of drug-likeness (QED) is 0.597. The Hall–Kier alpha value is -2.29. The molecular formula is C22H28N2O5S. The Labute approximate surface area is 178 Å². The van der Waals surface area contributed by atoms with E-state index in [0.717, 1.165) is 36.4 Å². The highest BCUT2D eigenvalue weighted by Gasteiger charge is 2.28. The number of ether oxygens (including phenoxy) is 3. The van der Waals surface area contributed by atoms with Crippen LogP contribution in [0.3, 0.4) is 0 Å². The number of nitrogens with zero attached hydrogens (tertiary/aromatic N) is 2. The van der Waals surface area contributed by atoms with Gasteiger partial charge in [0, 0.05) is 32.7 Å². The highest BCUT2D eigenvalue weighted by molar-refractivity contribution is 7.89. The van der Waals surface area contributed by atoms with Gasteiger partial charge >= 0.3 is 0 Å². The molecule has 0 bridgehead atoms. The summed E-state index contributed by atoms with van der Waals surface area (Å²) < 4.78 is 44.0. The van der Waals surface area contributed by atoms with Gasteiger partial charge in [0.1, 0.15) is 5.75 Å². The van der Waals surface area contributed by atoms with Crippen molar-refractivity contribution in [2.24, 2.45) is 0 Å². The Morgan fingerprint density at radius 1 is 0.967 bits per heavy atom. The molecule has 0 spiro atoms. The molecule has 2 aromatic carbocycles. The first kappa shape index (κ1) is 21.0. The van der Waals surface area contributed by atoms with E-state index in [2.05, 4.69) is 11.8 Å². The summed E-state index contributed by atoms with van der Waals surface area (Å²) in [5, 5.41) is 0. The van der Waals surface area contributed by atoms with Crippen LogP contribution in [-0.2, 0) is 16.6 Å². The average Bonchev–Trinajstić information content (AvgIpc) is 3.23. The molecule has 2 aliphatic rings. The lowest BCUT2D eigenvalue weighted by atomic mass is 10.2. The average molecular weight is 433 g/mol. The van der Waals surface area contributed by atoms with Gasteiger partial charge < -0.3 is 14.2 Å². The SMILES string of the molecule is CCCCOc1ccc(S(=O)(=O)N2CCN(Cc3ccc4c(c3)OCO4)CC2)cc1.